The number of hydrogen-bond donors (Lipinski definition) is 2. The summed E-state index contributed by atoms with van der Waals surface area (Å²) in [5.74, 6) is 1.20. The van der Waals surface area contributed by atoms with Gasteiger partial charge in [0.1, 0.15) is 5.76 Å². The van der Waals surface area contributed by atoms with Crippen molar-refractivity contribution < 1.29 is 14.0 Å². The Bertz CT molecular complexity index is 789. The number of amides is 2. The molecule has 26 heavy (non-hydrogen) atoms. The minimum Gasteiger partial charge on any atom is -0.441 e. The second-order valence-electron chi connectivity index (χ2n) is 7.09. The molecule has 2 aromatic rings. The molecule has 2 amide bonds. The van der Waals surface area contributed by atoms with Gasteiger partial charge in [-0.3, -0.25) is 9.59 Å². The van der Waals surface area contributed by atoms with Crippen LogP contribution in [0.1, 0.15) is 49.6 Å². The number of aromatic nitrogens is 1. The summed E-state index contributed by atoms with van der Waals surface area (Å²) in [5.41, 5.74) is 2.72. The molecule has 0 aliphatic heterocycles. The maximum atomic E-state index is 12.1. The number of benzene rings is 1. The van der Waals surface area contributed by atoms with Gasteiger partial charge in [0.05, 0.1) is 18.7 Å². The lowest BCUT2D eigenvalue weighted by Gasteiger charge is -2.05. The van der Waals surface area contributed by atoms with Gasteiger partial charge in [0.25, 0.3) is 0 Å². The molecule has 0 unspecified atom stereocenters. The molecule has 1 aromatic heterocycles. The Balaban J connectivity index is 1.58. The van der Waals surface area contributed by atoms with Crippen LogP contribution in [0.3, 0.4) is 0 Å². The van der Waals surface area contributed by atoms with E-state index in [-0.39, 0.29) is 24.8 Å². The van der Waals surface area contributed by atoms with Crippen LogP contribution in [0.15, 0.2) is 28.7 Å². The second-order valence-corrected chi connectivity index (χ2v) is 7.09. The van der Waals surface area contributed by atoms with Crippen molar-refractivity contribution in [1.82, 2.24) is 15.6 Å². The number of oxazole rings is 1. The lowest BCUT2D eigenvalue weighted by Crippen LogP contribution is -2.38. The molecule has 6 nitrogen and oxygen atoms in total. The zero-order valence-corrected chi connectivity index (χ0v) is 15.5. The zero-order valence-electron chi connectivity index (χ0n) is 15.5. The van der Waals surface area contributed by atoms with Gasteiger partial charge in [0.2, 0.25) is 17.7 Å². The van der Waals surface area contributed by atoms with Gasteiger partial charge in [0, 0.05) is 11.6 Å². The Morgan fingerprint density at radius 3 is 2.50 bits per heavy atom. The predicted octanol–water partition coefficient (Wildman–Crippen LogP) is 2.71. The van der Waals surface area contributed by atoms with Gasteiger partial charge >= 0.3 is 0 Å². The van der Waals surface area contributed by atoms with Crippen molar-refractivity contribution in [3.05, 3.63) is 41.3 Å². The lowest BCUT2D eigenvalue weighted by atomic mass is 10.0. The summed E-state index contributed by atoms with van der Waals surface area (Å²) in [6.07, 6.45) is 2.15. The molecule has 0 bridgehead atoms. The Hall–Kier alpha value is -2.63. The number of carbonyl (C=O) groups excluding carboxylic acids is 2. The third kappa shape index (κ3) is 4.71. The van der Waals surface area contributed by atoms with Crippen LogP contribution in [0.4, 0.5) is 0 Å². The third-order valence-electron chi connectivity index (χ3n) is 4.43. The van der Waals surface area contributed by atoms with E-state index in [1.807, 2.05) is 12.1 Å². The van der Waals surface area contributed by atoms with E-state index in [0.717, 1.165) is 18.4 Å². The van der Waals surface area contributed by atoms with Gasteiger partial charge in [-0.2, -0.15) is 0 Å². The van der Waals surface area contributed by atoms with E-state index in [4.69, 9.17) is 4.42 Å². The van der Waals surface area contributed by atoms with Crippen molar-refractivity contribution in [2.45, 2.75) is 52.0 Å². The summed E-state index contributed by atoms with van der Waals surface area (Å²) in [5, 5.41) is 5.46. The smallest absolute Gasteiger partial charge is 0.239 e. The van der Waals surface area contributed by atoms with E-state index in [9.17, 15) is 9.59 Å². The fraction of sp³-hybridized carbons (Fsp3) is 0.450. The molecular formula is C20H25N3O3. The Morgan fingerprint density at radius 1 is 1.19 bits per heavy atom. The maximum Gasteiger partial charge on any atom is 0.239 e. The van der Waals surface area contributed by atoms with Gasteiger partial charge in [-0.05, 0) is 43.4 Å². The summed E-state index contributed by atoms with van der Waals surface area (Å²) < 4.78 is 5.72. The van der Waals surface area contributed by atoms with Crippen LogP contribution >= 0.6 is 0 Å². The van der Waals surface area contributed by atoms with Crippen molar-refractivity contribution in [3.63, 3.8) is 0 Å². The van der Waals surface area contributed by atoms with Crippen molar-refractivity contribution in [3.8, 4) is 11.5 Å². The van der Waals surface area contributed by atoms with E-state index in [1.165, 1.54) is 5.56 Å². The SMILES string of the molecule is Cc1oc(-c2ccc(C(C)C)cc2)nc1CC(=O)NCC(=O)NC1CC1. The highest BCUT2D eigenvalue weighted by Crippen LogP contribution is 2.24. The predicted molar refractivity (Wildman–Crippen MR) is 98.6 cm³/mol. The van der Waals surface area contributed by atoms with E-state index in [0.29, 0.717) is 29.3 Å². The van der Waals surface area contributed by atoms with Crippen LogP contribution in [0.2, 0.25) is 0 Å². The van der Waals surface area contributed by atoms with Crippen LogP contribution in [0.25, 0.3) is 11.5 Å². The molecule has 3 rings (SSSR count). The fourth-order valence-corrected chi connectivity index (χ4v) is 2.63. The molecule has 1 aromatic carbocycles. The van der Waals surface area contributed by atoms with Crippen molar-refractivity contribution in [2.24, 2.45) is 0 Å². The molecular weight excluding hydrogens is 330 g/mol. The molecule has 0 spiro atoms. The molecule has 1 fully saturated rings. The van der Waals surface area contributed by atoms with Gasteiger partial charge in [-0.25, -0.2) is 4.98 Å². The molecule has 1 saturated carbocycles. The van der Waals surface area contributed by atoms with Crippen LogP contribution in [0.5, 0.6) is 0 Å². The highest BCUT2D eigenvalue weighted by atomic mass is 16.4. The first-order valence-corrected chi connectivity index (χ1v) is 9.05. The van der Waals surface area contributed by atoms with E-state index >= 15 is 0 Å². The van der Waals surface area contributed by atoms with Crippen LogP contribution < -0.4 is 10.6 Å². The molecule has 1 aliphatic rings. The highest BCUT2D eigenvalue weighted by molar-refractivity contribution is 5.85. The molecule has 138 valence electrons. The summed E-state index contributed by atoms with van der Waals surface area (Å²) in [6, 6.07) is 8.37. The third-order valence-corrected chi connectivity index (χ3v) is 4.43. The number of rotatable bonds is 7. The quantitative estimate of drug-likeness (QED) is 0.800. The minimum absolute atomic E-state index is 0.00421. The average Bonchev–Trinajstić information content (AvgIpc) is 3.35. The zero-order chi connectivity index (χ0) is 18.7. The summed E-state index contributed by atoms with van der Waals surface area (Å²) >= 11 is 0. The number of nitrogens with one attached hydrogen (secondary N) is 2. The fourth-order valence-electron chi connectivity index (χ4n) is 2.63. The molecule has 0 saturated heterocycles. The maximum absolute atomic E-state index is 12.1. The molecule has 0 atom stereocenters. The standard InChI is InChI=1S/C20H25N3O3/c1-12(2)14-4-6-15(7-5-14)20-23-17(13(3)26-20)10-18(24)21-11-19(25)22-16-8-9-16/h4-7,12,16H,8-11H2,1-3H3,(H,21,24)(H,22,25). The molecule has 1 aliphatic carbocycles. The number of aryl methyl sites for hydroxylation is 1. The molecule has 1 heterocycles. The minimum atomic E-state index is -0.242. The van der Waals surface area contributed by atoms with Crippen LogP contribution in [-0.4, -0.2) is 29.4 Å². The first kappa shape index (κ1) is 18.2. The monoisotopic (exact) mass is 355 g/mol. The summed E-state index contributed by atoms with van der Waals surface area (Å²) in [7, 11) is 0. The first-order valence-electron chi connectivity index (χ1n) is 9.05. The summed E-state index contributed by atoms with van der Waals surface area (Å²) in [6.45, 7) is 6.08. The van der Waals surface area contributed by atoms with Gasteiger partial charge in [-0.1, -0.05) is 26.0 Å². The number of nitrogens with zero attached hydrogens (tertiary/aromatic N) is 1. The van der Waals surface area contributed by atoms with Gasteiger partial charge in [0.15, 0.2) is 0 Å². The Labute approximate surface area is 153 Å². The van der Waals surface area contributed by atoms with Crippen molar-refractivity contribution >= 4 is 11.8 Å². The van der Waals surface area contributed by atoms with Crippen LogP contribution in [0, 0.1) is 6.92 Å². The normalized spacial score (nSPS) is 13.7. The molecule has 6 heteroatoms. The molecule has 0 radical (unpaired) electrons. The average molecular weight is 355 g/mol. The number of hydrogen-bond acceptors (Lipinski definition) is 4. The van der Waals surface area contributed by atoms with Crippen molar-refractivity contribution in [2.75, 3.05) is 6.54 Å². The van der Waals surface area contributed by atoms with E-state index in [1.54, 1.807) is 6.92 Å². The second kappa shape index (κ2) is 7.72. The largest absolute Gasteiger partial charge is 0.441 e. The van der Waals surface area contributed by atoms with Crippen molar-refractivity contribution in [1.29, 1.82) is 0 Å². The van der Waals surface area contributed by atoms with Gasteiger partial charge in [-0.15, -0.1) is 0 Å². The lowest BCUT2D eigenvalue weighted by molar-refractivity contribution is -0.125. The van der Waals surface area contributed by atoms with E-state index in [2.05, 4.69) is 41.6 Å². The molecule has 2 N–H and O–H groups in total. The van der Waals surface area contributed by atoms with Crippen LogP contribution in [-0.2, 0) is 16.0 Å². The first-order chi connectivity index (χ1) is 12.4. The number of carbonyl (C=O) groups is 2. The van der Waals surface area contributed by atoms with E-state index < -0.39 is 0 Å². The van der Waals surface area contributed by atoms with Gasteiger partial charge < -0.3 is 15.1 Å². The Kier molecular flexibility index (Phi) is 5.40. The Morgan fingerprint density at radius 2 is 1.88 bits per heavy atom. The summed E-state index contributed by atoms with van der Waals surface area (Å²) in [4.78, 5) is 28.1. The highest BCUT2D eigenvalue weighted by Gasteiger charge is 2.23. The topological polar surface area (TPSA) is 84.2 Å².